The average molecular weight is 290 g/mol. The van der Waals surface area contributed by atoms with Gasteiger partial charge in [0.15, 0.2) is 0 Å². The summed E-state index contributed by atoms with van der Waals surface area (Å²) in [5, 5.41) is 0. The first kappa shape index (κ1) is 17.1. The third-order valence-electron chi connectivity index (χ3n) is 3.42. The summed E-state index contributed by atoms with van der Waals surface area (Å²) in [5.74, 6) is 0. The predicted octanol–water partition coefficient (Wildman–Crippen LogP) is 1.21. The van der Waals surface area contributed by atoms with Crippen LogP contribution in [0.3, 0.4) is 0 Å². The molecule has 1 aliphatic rings. The van der Waals surface area contributed by atoms with Crippen molar-refractivity contribution in [2.45, 2.75) is 27.7 Å². The van der Waals surface area contributed by atoms with Crippen molar-refractivity contribution in [3.63, 3.8) is 0 Å². The van der Waals surface area contributed by atoms with Crippen LogP contribution in [0.5, 0.6) is 0 Å². The van der Waals surface area contributed by atoms with Crippen molar-refractivity contribution in [1.29, 1.82) is 0 Å². The van der Waals surface area contributed by atoms with Gasteiger partial charge in [-0.3, -0.25) is 4.90 Å². The van der Waals surface area contributed by atoms with Crippen LogP contribution in [-0.4, -0.2) is 77.3 Å². The summed E-state index contributed by atoms with van der Waals surface area (Å²) < 4.78 is 17.7. The van der Waals surface area contributed by atoms with Gasteiger partial charge in [-0.25, -0.2) is 0 Å². The number of nitrogens with zero attached hydrogens (tertiary/aromatic N) is 2. The zero-order valence-corrected chi connectivity index (χ0v) is 14.0. The molecule has 5 nitrogen and oxygen atoms in total. The molecule has 0 bridgehead atoms. The first-order valence-corrected chi connectivity index (χ1v) is 9.49. The maximum atomic E-state index is 5.91. The maximum absolute atomic E-state index is 5.91. The Hall–Kier alpha value is 0.0169. The average Bonchev–Trinajstić information content (AvgIpc) is 2.40. The van der Waals surface area contributed by atoms with E-state index in [1.807, 2.05) is 20.8 Å². The highest BCUT2D eigenvalue weighted by atomic mass is 28.4. The molecule has 0 spiro atoms. The Bertz CT molecular complexity index is 219. The number of hydrogen-bond donors (Lipinski definition) is 0. The van der Waals surface area contributed by atoms with Gasteiger partial charge < -0.3 is 18.2 Å². The highest BCUT2D eigenvalue weighted by Gasteiger charge is 2.42. The predicted molar refractivity (Wildman–Crippen MR) is 79.2 cm³/mol. The van der Waals surface area contributed by atoms with Gasteiger partial charge in [-0.15, -0.1) is 0 Å². The van der Waals surface area contributed by atoms with E-state index in [0.717, 1.165) is 38.9 Å². The van der Waals surface area contributed by atoms with E-state index in [9.17, 15) is 0 Å². The van der Waals surface area contributed by atoms with Gasteiger partial charge in [0.25, 0.3) is 0 Å². The summed E-state index contributed by atoms with van der Waals surface area (Å²) in [6.07, 6.45) is 0.820. The highest BCUT2D eigenvalue weighted by Crippen LogP contribution is 2.14. The third-order valence-corrected chi connectivity index (χ3v) is 6.44. The fraction of sp³-hybridized carbons (Fsp3) is 1.00. The molecule has 0 aromatic carbocycles. The molecule has 0 atom stereocenters. The monoisotopic (exact) mass is 290 g/mol. The number of hydrogen-bond acceptors (Lipinski definition) is 5. The molecule has 19 heavy (non-hydrogen) atoms. The molecule has 1 saturated heterocycles. The summed E-state index contributed by atoms with van der Waals surface area (Å²) in [4.78, 5) is 4.90. The molecule has 1 fully saturated rings. The van der Waals surface area contributed by atoms with E-state index in [4.69, 9.17) is 13.3 Å². The van der Waals surface area contributed by atoms with Gasteiger partial charge >= 0.3 is 8.80 Å². The molecule has 1 heterocycles. The van der Waals surface area contributed by atoms with E-state index < -0.39 is 8.80 Å². The molecule has 1 rings (SSSR count). The summed E-state index contributed by atoms with van der Waals surface area (Å²) in [6.45, 7) is 15.8. The van der Waals surface area contributed by atoms with Crippen LogP contribution in [0.25, 0.3) is 0 Å². The highest BCUT2D eigenvalue weighted by molar-refractivity contribution is 6.60. The van der Waals surface area contributed by atoms with Crippen LogP contribution in [0.1, 0.15) is 27.7 Å². The summed E-state index contributed by atoms with van der Waals surface area (Å²) in [6, 6.07) is 0. The van der Waals surface area contributed by atoms with Gasteiger partial charge in [0.1, 0.15) is 0 Å². The molecule has 0 amide bonds. The Balaban J connectivity index is 2.55. The van der Waals surface area contributed by atoms with Crippen molar-refractivity contribution in [2.24, 2.45) is 0 Å². The summed E-state index contributed by atoms with van der Waals surface area (Å²) in [5.41, 5.74) is 0. The first-order valence-electron chi connectivity index (χ1n) is 7.56. The van der Waals surface area contributed by atoms with Gasteiger partial charge in [-0.1, -0.05) is 6.92 Å². The number of likely N-dealkylation sites (N-methyl/N-ethyl adjacent to an activating group) is 1. The van der Waals surface area contributed by atoms with Gasteiger partial charge in [-0.05, 0) is 27.3 Å². The lowest BCUT2D eigenvalue weighted by atomic mass is 10.3. The normalized spacial score (nSPS) is 18.9. The van der Waals surface area contributed by atoms with Crippen molar-refractivity contribution in [2.75, 3.05) is 58.7 Å². The van der Waals surface area contributed by atoms with Crippen LogP contribution in [0, 0.1) is 0 Å². The third kappa shape index (κ3) is 5.49. The van der Waals surface area contributed by atoms with Crippen molar-refractivity contribution in [3.8, 4) is 0 Å². The maximum Gasteiger partial charge on any atom is 0.515 e. The van der Waals surface area contributed by atoms with Crippen LogP contribution >= 0.6 is 0 Å². The molecule has 0 aromatic heterocycles. The minimum absolute atomic E-state index is 0.654. The number of piperazine rings is 1. The van der Waals surface area contributed by atoms with Gasteiger partial charge in [0.05, 0.1) is 6.17 Å². The fourth-order valence-corrected chi connectivity index (χ4v) is 5.17. The van der Waals surface area contributed by atoms with Crippen LogP contribution in [-0.2, 0) is 13.3 Å². The van der Waals surface area contributed by atoms with Crippen LogP contribution < -0.4 is 0 Å². The Labute approximate surface area is 119 Å². The first-order chi connectivity index (χ1) is 9.19. The molecule has 0 N–H and O–H groups in total. The van der Waals surface area contributed by atoms with Gasteiger partial charge in [0.2, 0.25) is 0 Å². The second-order valence-corrected chi connectivity index (χ2v) is 7.24. The minimum Gasteiger partial charge on any atom is -0.373 e. The van der Waals surface area contributed by atoms with Crippen LogP contribution in [0.2, 0.25) is 0 Å². The van der Waals surface area contributed by atoms with E-state index in [2.05, 4.69) is 16.7 Å². The van der Waals surface area contributed by atoms with Gasteiger partial charge in [-0.2, -0.15) is 0 Å². The van der Waals surface area contributed by atoms with Crippen molar-refractivity contribution >= 4 is 8.80 Å². The van der Waals surface area contributed by atoms with E-state index in [1.165, 1.54) is 0 Å². The van der Waals surface area contributed by atoms with Crippen molar-refractivity contribution in [1.82, 2.24) is 9.80 Å². The Morgan fingerprint density at radius 1 is 0.737 bits per heavy atom. The molecule has 0 unspecified atom stereocenters. The Kier molecular flexibility index (Phi) is 8.13. The lowest BCUT2D eigenvalue weighted by molar-refractivity contribution is 0.0478. The quantitative estimate of drug-likeness (QED) is 0.596. The molecule has 0 aliphatic carbocycles. The lowest BCUT2D eigenvalue weighted by Crippen LogP contribution is -2.58. The van der Waals surface area contributed by atoms with Crippen LogP contribution in [0.15, 0.2) is 0 Å². The topological polar surface area (TPSA) is 34.2 Å². The molecule has 0 aromatic rings. The largest absolute Gasteiger partial charge is 0.515 e. The fourth-order valence-electron chi connectivity index (χ4n) is 2.46. The van der Waals surface area contributed by atoms with Gasteiger partial charge in [0, 0.05) is 46.0 Å². The van der Waals surface area contributed by atoms with E-state index >= 15 is 0 Å². The second kappa shape index (κ2) is 9.04. The Morgan fingerprint density at radius 2 is 1.16 bits per heavy atom. The standard InChI is InChI=1S/C13H30N2O3Si/c1-5-14-9-11-15(12-10-14)13-19(16-6-2,17-7-3)18-8-4/h5-13H2,1-4H3. The van der Waals surface area contributed by atoms with E-state index in [-0.39, 0.29) is 0 Å². The van der Waals surface area contributed by atoms with Crippen molar-refractivity contribution < 1.29 is 13.3 Å². The molecule has 1 aliphatic heterocycles. The second-order valence-electron chi connectivity index (χ2n) is 4.69. The Morgan fingerprint density at radius 3 is 1.53 bits per heavy atom. The lowest BCUT2D eigenvalue weighted by Gasteiger charge is -2.38. The smallest absolute Gasteiger partial charge is 0.373 e. The number of rotatable bonds is 9. The SMILES string of the molecule is CCO[Si](CN1CCN(CC)CC1)(OCC)OCC. The molecule has 0 radical (unpaired) electrons. The molecule has 114 valence electrons. The van der Waals surface area contributed by atoms with Crippen LogP contribution in [0.4, 0.5) is 0 Å². The zero-order valence-electron chi connectivity index (χ0n) is 13.0. The summed E-state index contributed by atoms with van der Waals surface area (Å²) in [7, 11) is -2.51. The molecule has 6 heteroatoms. The zero-order chi connectivity index (χ0) is 14.1. The minimum atomic E-state index is -2.51. The van der Waals surface area contributed by atoms with E-state index in [1.54, 1.807) is 0 Å². The summed E-state index contributed by atoms with van der Waals surface area (Å²) >= 11 is 0. The van der Waals surface area contributed by atoms with Crippen molar-refractivity contribution in [3.05, 3.63) is 0 Å². The van der Waals surface area contributed by atoms with E-state index in [0.29, 0.717) is 19.8 Å². The molecule has 0 saturated carbocycles. The molecular weight excluding hydrogens is 260 g/mol. The molecular formula is C13H30N2O3Si.